The summed E-state index contributed by atoms with van der Waals surface area (Å²) in [7, 11) is 0. The van der Waals surface area contributed by atoms with Crippen LogP contribution >= 0.6 is 0 Å². The second kappa shape index (κ2) is 8.35. The van der Waals surface area contributed by atoms with Gasteiger partial charge in [-0.25, -0.2) is 0 Å². The molecule has 0 spiro atoms. The van der Waals surface area contributed by atoms with Crippen LogP contribution in [0.15, 0.2) is 6.20 Å². The summed E-state index contributed by atoms with van der Waals surface area (Å²) in [6.07, 6.45) is 9.16. The molecule has 1 aliphatic carbocycles. The first-order chi connectivity index (χ1) is 12.0. The Bertz CT molecular complexity index is 574. The Balaban J connectivity index is 1.52. The number of rotatable bonds is 6. The van der Waals surface area contributed by atoms with Crippen LogP contribution in [0, 0.1) is 18.8 Å². The SMILES string of the molecule is Cc1c(C(=O)NC[C@@H]2CCCN(CC(C)C)C2)cnn1C1CCCC1. The van der Waals surface area contributed by atoms with Gasteiger partial charge in [-0.3, -0.25) is 9.48 Å². The third-order valence-corrected chi connectivity index (χ3v) is 5.74. The largest absolute Gasteiger partial charge is 0.352 e. The molecule has 25 heavy (non-hydrogen) atoms. The second-order valence-corrected chi connectivity index (χ2v) is 8.40. The summed E-state index contributed by atoms with van der Waals surface area (Å²) >= 11 is 0. The maximum Gasteiger partial charge on any atom is 0.254 e. The van der Waals surface area contributed by atoms with E-state index in [0.29, 0.717) is 17.9 Å². The molecule has 1 aliphatic heterocycles. The first-order valence-corrected chi connectivity index (χ1v) is 10.1. The van der Waals surface area contributed by atoms with Gasteiger partial charge in [-0.05, 0) is 51.0 Å². The van der Waals surface area contributed by atoms with Crippen molar-refractivity contribution in [2.45, 2.75) is 65.3 Å². The monoisotopic (exact) mass is 346 g/mol. The molecule has 1 saturated heterocycles. The summed E-state index contributed by atoms with van der Waals surface area (Å²) in [6.45, 7) is 10.8. The normalized spacial score (nSPS) is 22.6. The second-order valence-electron chi connectivity index (χ2n) is 8.40. The highest BCUT2D eigenvalue weighted by Gasteiger charge is 2.24. The average Bonchev–Trinajstić information content (AvgIpc) is 3.21. The van der Waals surface area contributed by atoms with Gasteiger partial charge >= 0.3 is 0 Å². The average molecular weight is 347 g/mol. The lowest BCUT2D eigenvalue weighted by molar-refractivity contribution is 0.0928. The van der Waals surface area contributed by atoms with Gasteiger partial charge in [0.25, 0.3) is 5.91 Å². The van der Waals surface area contributed by atoms with E-state index in [0.717, 1.165) is 30.9 Å². The molecule has 1 amide bonds. The topological polar surface area (TPSA) is 50.2 Å². The lowest BCUT2D eigenvalue weighted by Gasteiger charge is -2.33. The number of aromatic nitrogens is 2. The van der Waals surface area contributed by atoms with Crippen LogP contribution in [-0.4, -0.2) is 46.8 Å². The Kier molecular flexibility index (Phi) is 6.15. The van der Waals surface area contributed by atoms with Gasteiger partial charge in [0.2, 0.25) is 0 Å². The molecule has 1 aromatic heterocycles. The lowest BCUT2D eigenvalue weighted by atomic mass is 9.97. The molecule has 3 rings (SSSR count). The zero-order valence-electron chi connectivity index (χ0n) is 16.1. The van der Waals surface area contributed by atoms with Crippen LogP contribution < -0.4 is 5.32 Å². The first kappa shape index (κ1) is 18.4. The molecule has 2 aliphatic rings. The quantitative estimate of drug-likeness (QED) is 0.859. The fraction of sp³-hybridized carbons (Fsp3) is 0.800. The van der Waals surface area contributed by atoms with Gasteiger partial charge in [0.15, 0.2) is 0 Å². The predicted molar refractivity (Wildman–Crippen MR) is 101 cm³/mol. The summed E-state index contributed by atoms with van der Waals surface area (Å²) in [4.78, 5) is 15.2. The minimum absolute atomic E-state index is 0.0442. The van der Waals surface area contributed by atoms with E-state index in [2.05, 4.69) is 33.8 Å². The molecule has 140 valence electrons. The maximum atomic E-state index is 12.6. The Morgan fingerprint density at radius 1 is 1.28 bits per heavy atom. The molecule has 0 bridgehead atoms. The van der Waals surface area contributed by atoms with E-state index < -0.39 is 0 Å². The molecule has 1 N–H and O–H groups in total. The number of piperidine rings is 1. The summed E-state index contributed by atoms with van der Waals surface area (Å²) in [6, 6.07) is 0.490. The van der Waals surface area contributed by atoms with Crippen molar-refractivity contribution >= 4 is 5.91 Å². The number of nitrogens with zero attached hydrogens (tertiary/aromatic N) is 3. The van der Waals surface area contributed by atoms with Gasteiger partial charge in [-0.1, -0.05) is 26.7 Å². The number of hydrogen-bond acceptors (Lipinski definition) is 3. The van der Waals surface area contributed by atoms with E-state index in [-0.39, 0.29) is 5.91 Å². The van der Waals surface area contributed by atoms with Crippen LogP contribution in [0.25, 0.3) is 0 Å². The molecule has 1 atom stereocenters. The van der Waals surface area contributed by atoms with Crippen molar-refractivity contribution in [1.82, 2.24) is 20.0 Å². The van der Waals surface area contributed by atoms with E-state index >= 15 is 0 Å². The Morgan fingerprint density at radius 3 is 2.76 bits per heavy atom. The minimum Gasteiger partial charge on any atom is -0.352 e. The van der Waals surface area contributed by atoms with Gasteiger partial charge in [0.1, 0.15) is 0 Å². The zero-order chi connectivity index (χ0) is 17.8. The molecule has 1 saturated carbocycles. The molecule has 0 radical (unpaired) electrons. The predicted octanol–water partition coefficient (Wildman–Crippen LogP) is 3.40. The zero-order valence-corrected chi connectivity index (χ0v) is 16.1. The third kappa shape index (κ3) is 4.63. The summed E-state index contributed by atoms with van der Waals surface area (Å²) in [5.74, 6) is 1.32. The smallest absolute Gasteiger partial charge is 0.254 e. The third-order valence-electron chi connectivity index (χ3n) is 5.74. The number of amides is 1. The van der Waals surface area contributed by atoms with Crippen LogP contribution in [0.3, 0.4) is 0 Å². The lowest BCUT2D eigenvalue weighted by Crippen LogP contribution is -2.42. The molecule has 0 aromatic carbocycles. The molecule has 5 heteroatoms. The molecule has 2 fully saturated rings. The van der Waals surface area contributed by atoms with Crippen LogP contribution in [0.2, 0.25) is 0 Å². The number of likely N-dealkylation sites (tertiary alicyclic amines) is 1. The van der Waals surface area contributed by atoms with E-state index in [4.69, 9.17) is 0 Å². The minimum atomic E-state index is 0.0442. The van der Waals surface area contributed by atoms with Crippen molar-refractivity contribution in [3.8, 4) is 0 Å². The van der Waals surface area contributed by atoms with Crippen LogP contribution in [-0.2, 0) is 0 Å². The van der Waals surface area contributed by atoms with E-state index in [9.17, 15) is 4.79 Å². The maximum absolute atomic E-state index is 12.6. The fourth-order valence-electron chi connectivity index (χ4n) is 4.50. The van der Waals surface area contributed by atoms with Gasteiger partial charge in [-0.2, -0.15) is 5.10 Å². The van der Waals surface area contributed by atoms with Crippen molar-refractivity contribution in [3.05, 3.63) is 17.5 Å². The highest BCUT2D eigenvalue weighted by atomic mass is 16.1. The van der Waals surface area contributed by atoms with Gasteiger partial charge in [0, 0.05) is 25.3 Å². The molecule has 5 nitrogen and oxygen atoms in total. The Labute approximate surface area is 152 Å². The van der Waals surface area contributed by atoms with Crippen molar-refractivity contribution < 1.29 is 4.79 Å². The standard InChI is InChI=1S/C20H34N4O/c1-15(2)13-23-10-6-7-17(14-23)11-21-20(25)19-12-22-24(16(19)3)18-8-4-5-9-18/h12,15,17-18H,4-11,13-14H2,1-3H3,(H,21,25)/t17-/m0/s1. The van der Waals surface area contributed by atoms with E-state index in [1.54, 1.807) is 6.20 Å². The van der Waals surface area contributed by atoms with Crippen molar-refractivity contribution in [2.24, 2.45) is 11.8 Å². The molecular weight excluding hydrogens is 312 g/mol. The summed E-state index contributed by atoms with van der Waals surface area (Å²) in [5.41, 5.74) is 1.77. The number of hydrogen-bond donors (Lipinski definition) is 1. The molecule has 0 unspecified atom stereocenters. The van der Waals surface area contributed by atoms with Gasteiger partial charge in [-0.15, -0.1) is 0 Å². The van der Waals surface area contributed by atoms with E-state index in [1.165, 1.54) is 45.1 Å². The number of nitrogens with one attached hydrogen (secondary N) is 1. The van der Waals surface area contributed by atoms with Crippen molar-refractivity contribution in [3.63, 3.8) is 0 Å². The van der Waals surface area contributed by atoms with Crippen LogP contribution in [0.5, 0.6) is 0 Å². The molecule has 2 heterocycles. The van der Waals surface area contributed by atoms with Crippen molar-refractivity contribution in [1.29, 1.82) is 0 Å². The highest BCUT2D eigenvalue weighted by molar-refractivity contribution is 5.95. The van der Waals surface area contributed by atoms with Crippen LogP contribution in [0.4, 0.5) is 0 Å². The highest BCUT2D eigenvalue weighted by Crippen LogP contribution is 2.30. The van der Waals surface area contributed by atoms with Crippen LogP contribution in [0.1, 0.15) is 74.5 Å². The Morgan fingerprint density at radius 2 is 2.04 bits per heavy atom. The number of carbonyl (C=O) groups excluding carboxylic acids is 1. The number of carbonyl (C=O) groups is 1. The Hall–Kier alpha value is -1.36. The van der Waals surface area contributed by atoms with E-state index in [1.807, 2.05) is 6.92 Å². The summed E-state index contributed by atoms with van der Waals surface area (Å²) in [5, 5.41) is 7.67. The van der Waals surface area contributed by atoms with Gasteiger partial charge < -0.3 is 10.2 Å². The summed E-state index contributed by atoms with van der Waals surface area (Å²) < 4.78 is 2.08. The fourth-order valence-corrected chi connectivity index (χ4v) is 4.50. The van der Waals surface area contributed by atoms with Crippen molar-refractivity contribution in [2.75, 3.05) is 26.2 Å². The molecule has 1 aromatic rings. The van der Waals surface area contributed by atoms with Gasteiger partial charge in [0.05, 0.1) is 17.8 Å². The molecular formula is C20H34N4O. The first-order valence-electron chi connectivity index (χ1n) is 10.1.